The summed E-state index contributed by atoms with van der Waals surface area (Å²) in [6.45, 7) is 0.345. The number of carbonyl (C=O) groups excluding carboxylic acids is 2. The molecule has 3 aromatic rings. The zero-order chi connectivity index (χ0) is 18.4. The van der Waals surface area contributed by atoms with Crippen molar-refractivity contribution in [3.8, 4) is 0 Å². The average molecular weight is 363 g/mol. The van der Waals surface area contributed by atoms with E-state index in [2.05, 4.69) is 28.2 Å². The van der Waals surface area contributed by atoms with Crippen LogP contribution in [0.4, 0.5) is 5.69 Å². The Labute approximate surface area is 156 Å². The van der Waals surface area contributed by atoms with E-state index in [1.165, 1.54) is 6.20 Å². The van der Waals surface area contributed by atoms with Crippen LogP contribution in [0.5, 0.6) is 0 Å². The summed E-state index contributed by atoms with van der Waals surface area (Å²) in [5.41, 5.74) is 2.53. The number of carbonyl (C=O) groups is 2. The number of anilines is 1. The Kier molecular flexibility index (Phi) is 5.66. The number of thiol groups is 1. The number of pyridine rings is 1. The monoisotopic (exact) mass is 363 g/mol. The molecule has 3 rings (SSSR count). The van der Waals surface area contributed by atoms with Gasteiger partial charge in [0.2, 0.25) is 0 Å². The molecule has 2 aromatic carbocycles. The van der Waals surface area contributed by atoms with Gasteiger partial charge in [-0.2, -0.15) is 0 Å². The second kappa shape index (κ2) is 8.31. The molecule has 0 atom stereocenters. The standard InChI is InChI=1S/C20H17N3O2S/c24-19(15-6-4-10-21-13-15)23-16-7-3-5-14(11-16)12-22-20(25)17-8-1-2-9-18(17)26/h1-11,13,26H,12H2,(H,22,25)(H,23,24). The fourth-order valence-electron chi connectivity index (χ4n) is 2.40. The van der Waals surface area contributed by atoms with Gasteiger partial charge in [-0.1, -0.05) is 24.3 Å². The largest absolute Gasteiger partial charge is 0.348 e. The third-order valence-electron chi connectivity index (χ3n) is 3.71. The highest BCUT2D eigenvalue weighted by Gasteiger charge is 2.09. The lowest BCUT2D eigenvalue weighted by Gasteiger charge is -2.09. The highest BCUT2D eigenvalue weighted by molar-refractivity contribution is 7.80. The second-order valence-electron chi connectivity index (χ2n) is 5.60. The zero-order valence-electron chi connectivity index (χ0n) is 13.8. The molecule has 5 nitrogen and oxygen atoms in total. The fourth-order valence-corrected chi connectivity index (χ4v) is 2.66. The van der Waals surface area contributed by atoms with E-state index in [9.17, 15) is 9.59 Å². The predicted octanol–water partition coefficient (Wildman–Crippen LogP) is 3.55. The summed E-state index contributed by atoms with van der Waals surface area (Å²) in [7, 11) is 0. The van der Waals surface area contributed by atoms with Crippen LogP contribution in [0.15, 0.2) is 78.0 Å². The van der Waals surface area contributed by atoms with Gasteiger partial charge in [-0.15, -0.1) is 12.6 Å². The molecule has 2 N–H and O–H groups in total. The molecular weight excluding hydrogens is 346 g/mol. The Hall–Kier alpha value is -3.12. The van der Waals surface area contributed by atoms with E-state index in [0.29, 0.717) is 28.3 Å². The Morgan fingerprint density at radius 3 is 2.58 bits per heavy atom. The van der Waals surface area contributed by atoms with Crippen LogP contribution in [0.1, 0.15) is 26.3 Å². The summed E-state index contributed by atoms with van der Waals surface area (Å²) in [6, 6.07) is 17.8. The van der Waals surface area contributed by atoms with E-state index in [0.717, 1.165) is 5.56 Å². The maximum atomic E-state index is 12.2. The molecule has 0 aliphatic rings. The second-order valence-corrected chi connectivity index (χ2v) is 6.08. The highest BCUT2D eigenvalue weighted by Crippen LogP contribution is 2.14. The molecule has 0 spiro atoms. The van der Waals surface area contributed by atoms with Crippen molar-refractivity contribution in [2.75, 3.05) is 5.32 Å². The van der Waals surface area contributed by atoms with E-state index >= 15 is 0 Å². The van der Waals surface area contributed by atoms with E-state index < -0.39 is 0 Å². The van der Waals surface area contributed by atoms with Crippen LogP contribution < -0.4 is 10.6 Å². The molecule has 0 radical (unpaired) electrons. The van der Waals surface area contributed by atoms with Gasteiger partial charge in [-0.25, -0.2) is 0 Å². The van der Waals surface area contributed by atoms with Gasteiger partial charge in [0.05, 0.1) is 11.1 Å². The minimum atomic E-state index is -0.233. The first-order valence-corrected chi connectivity index (χ1v) is 8.45. The minimum Gasteiger partial charge on any atom is -0.348 e. The summed E-state index contributed by atoms with van der Waals surface area (Å²) in [4.78, 5) is 29.0. The van der Waals surface area contributed by atoms with Crippen LogP contribution in [0.25, 0.3) is 0 Å². The fraction of sp³-hybridized carbons (Fsp3) is 0.0500. The molecule has 0 aliphatic heterocycles. The van der Waals surface area contributed by atoms with Crippen LogP contribution in [0.2, 0.25) is 0 Å². The molecule has 2 amide bonds. The Balaban J connectivity index is 1.63. The number of benzene rings is 2. The van der Waals surface area contributed by atoms with Crippen LogP contribution in [0, 0.1) is 0 Å². The van der Waals surface area contributed by atoms with E-state index in [4.69, 9.17) is 0 Å². The average Bonchev–Trinajstić information content (AvgIpc) is 2.67. The maximum absolute atomic E-state index is 12.2. The quantitative estimate of drug-likeness (QED) is 0.607. The van der Waals surface area contributed by atoms with Gasteiger partial charge in [0, 0.05) is 29.5 Å². The first kappa shape index (κ1) is 17.7. The van der Waals surface area contributed by atoms with Crippen molar-refractivity contribution in [1.29, 1.82) is 0 Å². The van der Waals surface area contributed by atoms with E-state index in [1.807, 2.05) is 24.3 Å². The van der Waals surface area contributed by atoms with E-state index in [-0.39, 0.29) is 11.8 Å². The molecule has 0 aliphatic carbocycles. The van der Waals surface area contributed by atoms with Crippen molar-refractivity contribution in [2.45, 2.75) is 11.4 Å². The van der Waals surface area contributed by atoms with Crippen molar-refractivity contribution in [3.05, 3.63) is 89.7 Å². The van der Waals surface area contributed by atoms with Gasteiger partial charge in [-0.3, -0.25) is 14.6 Å². The van der Waals surface area contributed by atoms with Crippen molar-refractivity contribution in [2.24, 2.45) is 0 Å². The van der Waals surface area contributed by atoms with Crippen molar-refractivity contribution in [1.82, 2.24) is 10.3 Å². The summed E-state index contributed by atoms with van der Waals surface area (Å²) in [5, 5.41) is 5.68. The number of hydrogen-bond acceptors (Lipinski definition) is 4. The molecule has 6 heteroatoms. The number of nitrogens with zero attached hydrogens (tertiary/aromatic N) is 1. The number of nitrogens with one attached hydrogen (secondary N) is 2. The molecular formula is C20H17N3O2S. The lowest BCUT2D eigenvalue weighted by molar-refractivity contribution is 0.0947. The SMILES string of the molecule is O=C(Nc1cccc(CNC(=O)c2ccccc2S)c1)c1cccnc1. The molecule has 0 unspecified atom stereocenters. The van der Waals surface area contributed by atoms with Gasteiger partial charge < -0.3 is 10.6 Å². The molecule has 1 heterocycles. The highest BCUT2D eigenvalue weighted by atomic mass is 32.1. The minimum absolute atomic E-state index is 0.194. The number of aromatic nitrogens is 1. The summed E-state index contributed by atoms with van der Waals surface area (Å²) >= 11 is 4.29. The van der Waals surface area contributed by atoms with E-state index in [1.54, 1.807) is 42.6 Å². The lowest BCUT2D eigenvalue weighted by atomic mass is 10.1. The zero-order valence-corrected chi connectivity index (χ0v) is 14.7. The van der Waals surface area contributed by atoms with Gasteiger partial charge in [0.15, 0.2) is 0 Å². The van der Waals surface area contributed by atoms with Crippen LogP contribution in [-0.4, -0.2) is 16.8 Å². The summed E-state index contributed by atoms with van der Waals surface area (Å²) in [6.07, 6.45) is 3.12. The van der Waals surface area contributed by atoms with Gasteiger partial charge in [-0.05, 0) is 42.0 Å². The van der Waals surface area contributed by atoms with Crippen molar-refractivity contribution in [3.63, 3.8) is 0 Å². The number of hydrogen-bond donors (Lipinski definition) is 3. The van der Waals surface area contributed by atoms with Gasteiger partial charge in [0.1, 0.15) is 0 Å². The number of amides is 2. The molecule has 0 fully saturated rings. The third-order valence-corrected chi connectivity index (χ3v) is 4.10. The molecule has 0 bridgehead atoms. The van der Waals surface area contributed by atoms with Crippen LogP contribution in [0.3, 0.4) is 0 Å². The third kappa shape index (κ3) is 4.49. The molecule has 0 saturated heterocycles. The van der Waals surface area contributed by atoms with Gasteiger partial charge >= 0.3 is 0 Å². The molecule has 26 heavy (non-hydrogen) atoms. The predicted molar refractivity (Wildman–Crippen MR) is 103 cm³/mol. The molecule has 1 aromatic heterocycles. The van der Waals surface area contributed by atoms with Crippen LogP contribution in [-0.2, 0) is 6.54 Å². The normalized spacial score (nSPS) is 10.2. The summed E-state index contributed by atoms with van der Waals surface area (Å²) in [5.74, 6) is -0.427. The summed E-state index contributed by atoms with van der Waals surface area (Å²) < 4.78 is 0. The maximum Gasteiger partial charge on any atom is 0.257 e. The Morgan fingerprint density at radius 2 is 1.81 bits per heavy atom. The topological polar surface area (TPSA) is 71.1 Å². The molecule has 130 valence electrons. The van der Waals surface area contributed by atoms with Gasteiger partial charge in [0.25, 0.3) is 11.8 Å². The van der Waals surface area contributed by atoms with Crippen molar-refractivity contribution >= 4 is 30.1 Å². The first-order valence-electron chi connectivity index (χ1n) is 8.00. The Morgan fingerprint density at radius 1 is 0.962 bits per heavy atom. The van der Waals surface area contributed by atoms with Crippen molar-refractivity contribution < 1.29 is 9.59 Å². The Bertz CT molecular complexity index is 929. The number of rotatable bonds is 5. The lowest BCUT2D eigenvalue weighted by Crippen LogP contribution is -2.23. The molecule has 0 saturated carbocycles. The first-order chi connectivity index (χ1) is 12.6. The van der Waals surface area contributed by atoms with Crippen LogP contribution >= 0.6 is 12.6 Å². The smallest absolute Gasteiger partial charge is 0.257 e.